The minimum Gasteiger partial charge on any atom is -0.350 e. The molecule has 0 fully saturated rings. The van der Waals surface area contributed by atoms with Gasteiger partial charge in [-0.05, 0) is 32.9 Å². The van der Waals surface area contributed by atoms with E-state index in [0.29, 0.717) is 29.6 Å². The first-order chi connectivity index (χ1) is 10.3. The van der Waals surface area contributed by atoms with Gasteiger partial charge in [-0.2, -0.15) is 4.98 Å². The van der Waals surface area contributed by atoms with Crippen molar-refractivity contribution >= 4 is 17.7 Å². The molecule has 3 N–H and O–H groups in total. The van der Waals surface area contributed by atoms with E-state index in [4.69, 9.17) is 10.3 Å². The Labute approximate surface area is 133 Å². The Balaban J connectivity index is 2.04. The van der Waals surface area contributed by atoms with Gasteiger partial charge in [0.25, 0.3) is 5.91 Å². The van der Waals surface area contributed by atoms with Gasteiger partial charge in [0.05, 0.1) is 11.3 Å². The number of rotatable bonds is 6. The monoisotopic (exact) mass is 320 g/mol. The molecule has 1 aromatic heterocycles. The summed E-state index contributed by atoms with van der Waals surface area (Å²) in [7, 11) is 0. The van der Waals surface area contributed by atoms with Crippen LogP contribution in [0.1, 0.15) is 35.9 Å². The maximum Gasteiger partial charge on any atom is 0.252 e. The molecule has 0 bridgehead atoms. The summed E-state index contributed by atoms with van der Waals surface area (Å²) in [6, 6.07) is 7.42. The van der Waals surface area contributed by atoms with Gasteiger partial charge in [0.2, 0.25) is 5.89 Å². The highest BCUT2D eigenvalue weighted by molar-refractivity contribution is 7.98. The fraction of sp³-hybridized carbons (Fsp3) is 0.400. The standard InChI is InChI=1S/C15H20N4O2S/c1-10-18-13(21-19-10)8-22-12-7-5-4-6-11(12)14(20)17-9-15(2,3)16/h4-7H,8-9,16H2,1-3H3,(H,17,20). The van der Waals surface area contributed by atoms with Gasteiger partial charge in [-0.15, -0.1) is 11.8 Å². The van der Waals surface area contributed by atoms with Crippen molar-refractivity contribution in [3.8, 4) is 0 Å². The summed E-state index contributed by atoms with van der Waals surface area (Å²) in [6.45, 7) is 5.92. The van der Waals surface area contributed by atoms with Crippen molar-refractivity contribution in [3.63, 3.8) is 0 Å². The Morgan fingerprint density at radius 2 is 2.14 bits per heavy atom. The molecule has 118 valence electrons. The van der Waals surface area contributed by atoms with Crippen molar-refractivity contribution in [2.24, 2.45) is 5.73 Å². The zero-order chi connectivity index (χ0) is 16.2. The number of nitrogens with zero attached hydrogens (tertiary/aromatic N) is 2. The van der Waals surface area contributed by atoms with Crippen LogP contribution in [-0.2, 0) is 5.75 Å². The zero-order valence-electron chi connectivity index (χ0n) is 12.9. The average molecular weight is 320 g/mol. The van der Waals surface area contributed by atoms with Crippen LogP contribution in [0.5, 0.6) is 0 Å². The molecule has 0 unspecified atom stereocenters. The van der Waals surface area contributed by atoms with Crippen LogP contribution in [0.4, 0.5) is 0 Å². The fourth-order valence-electron chi connectivity index (χ4n) is 1.72. The fourth-order valence-corrected chi connectivity index (χ4v) is 2.61. The number of aromatic nitrogens is 2. The number of nitrogens with one attached hydrogen (secondary N) is 1. The molecular formula is C15H20N4O2S. The van der Waals surface area contributed by atoms with E-state index in [1.807, 2.05) is 32.0 Å². The Morgan fingerprint density at radius 1 is 1.41 bits per heavy atom. The number of nitrogens with two attached hydrogens (primary N) is 1. The van der Waals surface area contributed by atoms with Crippen LogP contribution >= 0.6 is 11.8 Å². The van der Waals surface area contributed by atoms with Crippen molar-refractivity contribution in [1.29, 1.82) is 0 Å². The Hall–Kier alpha value is -1.86. The molecule has 6 nitrogen and oxygen atoms in total. The van der Waals surface area contributed by atoms with Crippen LogP contribution in [0, 0.1) is 6.92 Å². The summed E-state index contributed by atoms with van der Waals surface area (Å²) in [5.74, 6) is 1.53. The minimum absolute atomic E-state index is 0.136. The Morgan fingerprint density at radius 3 is 2.77 bits per heavy atom. The van der Waals surface area contributed by atoms with Gasteiger partial charge >= 0.3 is 0 Å². The van der Waals surface area contributed by atoms with Crippen LogP contribution in [0.3, 0.4) is 0 Å². The number of hydrogen-bond donors (Lipinski definition) is 2. The van der Waals surface area contributed by atoms with Crippen molar-refractivity contribution in [2.75, 3.05) is 6.54 Å². The van der Waals surface area contributed by atoms with Gasteiger partial charge in [-0.3, -0.25) is 4.79 Å². The molecule has 7 heteroatoms. The zero-order valence-corrected chi connectivity index (χ0v) is 13.7. The first-order valence-electron chi connectivity index (χ1n) is 6.93. The second-order valence-electron chi connectivity index (χ2n) is 5.69. The van der Waals surface area contributed by atoms with Crippen LogP contribution in [0.25, 0.3) is 0 Å². The van der Waals surface area contributed by atoms with Gasteiger partial charge in [0.15, 0.2) is 5.82 Å². The average Bonchev–Trinajstić information content (AvgIpc) is 2.88. The van der Waals surface area contributed by atoms with Crippen molar-refractivity contribution in [3.05, 3.63) is 41.5 Å². The second-order valence-corrected chi connectivity index (χ2v) is 6.71. The predicted octanol–water partition coefficient (Wildman–Crippen LogP) is 2.14. The number of thioether (sulfide) groups is 1. The number of amides is 1. The molecular weight excluding hydrogens is 300 g/mol. The number of carbonyl (C=O) groups excluding carboxylic acids is 1. The Bertz CT molecular complexity index is 649. The Kier molecular flexibility index (Phi) is 5.20. The normalized spacial score (nSPS) is 11.5. The molecule has 0 aliphatic heterocycles. The van der Waals surface area contributed by atoms with Crippen molar-refractivity contribution in [2.45, 2.75) is 37.0 Å². The molecule has 0 atom stereocenters. The predicted molar refractivity (Wildman–Crippen MR) is 85.6 cm³/mol. The smallest absolute Gasteiger partial charge is 0.252 e. The largest absolute Gasteiger partial charge is 0.350 e. The van der Waals surface area contributed by atoms with Gasteiger partial charge in [0, 0.05) is 17.0 Å². The third-order valence-electron chi connectivity index (χ3n) is 2.76. The van der Waals surface area contributed by atoms with E-state index in [-0.39, 0.29) is 5.91 Å². The topological polar surface area (TPSA) is 94.0 Å². The molecule has 1 heterocycles. The molecule has 22 heavy (non-hydrogen) atoms. The summed E-state index contributed by atoms with van der Waals surface area (Å²) >= 11 is 1.49. The molecule has 0 saturated heterocycles. The van der Waals surface area contributed by atoms with Gasteiger partial charge < -0.3 is 15.6 Å². The van der Waals surface area contributed by atoms with Crippen LogP contribution in [-0.4, -0.2) is 28.1 Å². The van der Waals surface area contributed by atoms with E-state index in [2.05, 4.69) is 15.5 Å². The first kappa shape index (κ1) is 16.5. The summed E-state index contributed by atoms with van der Waals surface area (Å²) < 4.78 is 5.08. The molecule has 0 spiro atoms. The summed E-state index contributed by atoms with van der Waals surface area (Å²) in [6.07, 6.45) is 0. The lowest BCUT2D eigenvalue weighted by molar-refractivity contribution is 0.0943. The second kappa shape index (κ2) is 6.93. The lowest BCUT2D eigenvalue weighted by Gasteiger charge is -2.19. The first-order valence-corrected chi connectivity index (χ1v) is 7.92. The summed E-state index contributed by atoms with van der Waals surface area (Å²) in [5.41, 5.74) is 6.06. The van der Waals surface area contributed by atoms with E-state index in [9.17, 15) is 4.79 Å². The van der Waals surface area contributed by atoms with E-state index in [1.165, 1.54) is 11.8 Å². The van der Waals surface area contributed by atoms with Crippen LogP contribution in [0.2, 0.25) is 0 Å². The molecule has 0 aliphatic carbocycles. The third-order valence-corrected chi connectivity index (χ3v) is 3.82. The molecule has 0 saturated carbocycles. The molecule has 1 aromatic carbocycles. The van der Waals surface area contributed by atoms with Gasteiger partial charge in [-0.1, -0.05) is 17.3 Å². The maximum atomic E-state index is 12.3. The highest BCUT2D eigenvalue weighted by Gasteiger charge is 2.16. The van der Waals surface area contributed by atoms with E-state index >= 15 is 0 Å². The van der Waals surface area contributed by atoms with Gasteiger partial charge in [0.1, 0.15) is 0 Å². The summed E-state index contributed by atoms with van der Waals surface area (Å²) in [5, 5.41) is 6.60. The van der Waals surface area contributed by atoms with Crippen LogP contribution in [0.15, 0.2) is 33.7 Å². The number of hydrogen-bond acceptors (Lipinski definition) is 6. The third kappa shape index (κ3) is 4.85. The maximum absolute atomic E-state index is 12.3. The molecule has 2 aromatic rings. The van der Waals surface area contributed by atoms with E-state index < -0.39 is 5.54 Å². The van der Waals surface area contributed by atoms with E-state index in [1.54, 1.807) is 13.0 Å². The molecule has 0 aliphatic rings. The van der Waals surface area contributed by atoms with Crippen LogP contribution < -0.4 is 11.1 Å². The van der Waals surface area contributed by atoms with Crippen molar-refractivity contribution < 1.29 is 9.32 Å². The highest BCUT2D eigenvalue weighted by Crippen LogP contribution is 2.25. The number of carbonyl (C=O) groups is 1. The lowest BCUT2D eigenvalue weighted by Crippen LogP contribution is -2.45. The highest BCUT2D eigenvalue weighted by atomic mass is 32.2. The van der Waals surface area contributed by atoms with Crippen molar-refractivity contribution in [1.82, 2.24) is 15.5 Å². The SMILES string of the molecule is Cc1noc(CSc2ccccc2C(=O)NCC(C)(C)N)n1. The molecule has 1 amide bonds. The number of benzene rings is 1. The summed E-state index contributed by atoms with van der Waals surface area (Å²) in [4.78, 5) is 17.3. The molecule has 2 rings (SSSR count). The number of aryl methyl sites for hydroxylation is 1. The molecule has 0 radical (unpaired) electrons. The minimum atomic E-state index is -0.445. The van der Waals surface area contributed by atoms with Gasteiger partial charge in [-0.25, -0.2) is 0 Å². The quantitative estimate of drug-likeness (QED) is 0.792. The van der Waals surface area contributed by atoms with E-state index in [0.717, 1.165) is 4.90 Å². The lowest BCUT2D eigenvalue weighted by atomic mass is 10.1.